The van der Waals surface area contributed by atoms with Crippen LogP contribution in [0.3, 0.4) is 0 Å². The number of nitrogens with zero attached hydrogens (tertiary/aromatic N) is 2. The number of rotatable bonds is 7. The molecule has 0 amide bonds. The predicted octanol–water partition coefficient (Wildman–Crippen LogP) is 3.53. The quantitative estimate of drug-likeness (QED) is 0.658. The molecule has 2 heterocycles. The maximum Gasteiger partial charge on any atom is 0.182 e. The summed E-state index contributed by atoms with van der Waals surface area (Å²) in [5.74, 6) is -0.262. The first kappa shape index (κ1) is 18.1. The summed E-state index contributed by atoms with van der Waals surface area (Å²) in [5, 5.41) is 9.70. The molecular weight excluding hydrogens is 335 g/mol. The molecule has 0 aliphatic heterocycles. The molecule has 6 heteroatoms. The number of hydrogen-bond donors (Lipinski definition) is 1. The van der Waals surface area contributed by atoms with E-state index in [9.17, 15) is 14.3 Å². The lowest BCUT2D eigenvalue weighted by Crippen LogP contribution is -2.13. The zero-order valence-corrected chi connectivity index (χ0v) is 14.8. The summed E-state index contributed by atoms with van der Waals surface area (Å²) in [7, 11) is 0. The Labute approximate surface area is 151 Å². The number of aryl methyl sites for hydroxylation is 1. The van der Waals surface area contributed by atoms with E-state index < -0.39 is 5.92 Å². The van der Waals surface area contributed by atoms with Crippen molar-refractivity contribution in [2.24, 2.45) is 0 Å². The smallest absolute Gasteiger partial charge is 0.182 e. The van der Waals surface area contributed by atoms with Crippen LogP contribution in [-0.2, 0) is 0 Å². The molecule has 5 nitrogen and oxygen atoms in total. The van der Waals surface area contributed by atoms with E-state index in [-0.39, 0.29) is 24.6 Å². The second-order valence-corrected chi connectivity index (χ2v) is 6.10. The lowest BCUT2D eigenvalue weighted by atomic mass is 9.93. The van der Waals surface area contributed by atoms with E-state index in [0.717, 1.165) is 5.56 Å². The number of fused-ring (bicyclic) bond motifs is 1. The molecule has 0 radical (unpaired) electrons. The Morgan fingerprint density at radius 3 is 2.69 bits per heavy atom. The summed E-state index contributed by atoms with van der Waals surface area (Å²) in [4.78, 5) is 17.4. The molecule has 3 aromatic rings. The van der Waals surface area contributed by atoms with Crippen molar-refractivity contribution in [1.82, 2.24) is 9.38 Å². The number of Topliss-reactive ketones (excluding diaryl/α,β-unsaturated/α-hetero) is 1. The standard InChI is InChI=1S/C20H21FN2O3/c1-3-26-18-5-4-10-23-19(13(2)22-20(18)23)17(25)11-15(12-24)14-6-8-16(21)9-7-14/h4-10,15,24H,3,11-12H2,1-2H3/t15-/m0/s1. The normalized spacial score (nSPS) is 12.3. The number of aliphatic hydroxyl groups is 1. The Balaban J connectivity index is 1.93. The van der Waals surface area contributed by atoms with Crippen molar-refractivity contribution < 1.29 is 19.0 Å². The number of pyridine rings is 1. The first-order valence-electron chi connectivity index (χ1n) is 8.55. The number of carbonyl (C=O) groups is 1. The minimum atomic E-state index is -0.400. The molecule has 0 spiro atoms. The van der Waals surface area contributed by atoms with Gasteiger partial charge in [0.2, 0.25) is 0 Å². The van der Waals surface area contributed by atoms with Crippen LogP contribution >= 0.6 is 0 Å². The van der Waals surface area contributed by atoms with Crippen LogP contribution in [0.25, 0.3) is 5.65 Å². The summed E-state index contributed by atoms with van der Waals surface area (Å²) in [6.45, 7) is 3.98. The number of ether oxygens (including phenoxy) is 1. The Kier molecular flexibility index (Phi) is 5.32. The number of hydrogen-bond acceptors (Lipinski definition) is 4. The molecule has 0 saturated carbocycles. The van der Waals surface area contributed by atoms with Crippen molar-refractivity contribution in [3.8, 4) is 5.75 Å². The van der Waals surface area contributed by atoms with Gasteiger partial charge >= 0.3 is 0 Å². The number of carbonyl (C=O) groups excluding carboxylic acids is 1. The van der Waals surface area contributed by atoms with Crippen molar-refractivity contribution in [2.45, 2.75) is 26.2 Å². The Morgan fingerprint density at radius 1 is 1.31 bits per heavy atom. The molecule has 0 unspecified atom stereocenters. The highest BCUT2D eigenvalue weighted by molar-refractivity contribution is 5.97. The Morgan fingerprint density at radius 2 is 2.04 bits per heavy atom. The molecule has 0 bridgehead atoms. The molecule has 2 aromatic heterocycles. The van der Waals surface area contributed by atoms with Gasteiger partial charge in [-0.1, -0.05) is 12.1 Å². The zero-order chi connectivity index (χ0) is 18.7. The van der Waals surface area contributed by atoms with Crippen LogP contribution in [0.4, 0.5) is 4.39 Å². The van der Waals surface area contributed by atoms with E-state index in [1.54, 1.807) is 35.7 Å². The number of aliphatic hydroxyl groups excluding tert-OH is 1. The SMILES string of the molecule is CCOc1cccn2c(C(=O)C[C@@H](CO)c3ccc(F)cc3)c(C)nc12. The first-order chi connectivity index (χ1) is 12.5. The predicted molar refractivity (Wildman–Crippen MR) is 96.3 cm³/mol. The Hall–Kier alpha value is -2.73. The molecule has 3 rings (SSSR count). The van der Waals surface area contributed by atoms with Crippen molar-refractivity contribution in [3.05, 3.63) is 65.4 Å². The molecule has 136 valence electrons. The van der Waals surface area contributed by atoms with Gasteiger partial charge in [-0.15, -0.1) is 0 Å². The monoisotopic (exact) mass is 356 g/mol. The molecule has 0 aliphatic carbocycles. The molecule has 26 heavy (non-hydrogen) atoms. The highest BCUT2D eigenvalue weighted by atomic mass is 19.1. The molecule has 1 N–H and O–H groups in total. The van der Waals surface area contributed by atoms with E-state index in [1.807, 2.05) is 13.0 Å². The lowest BCUT2D eigenvalue weighted by molar-refractivity contribution is 0.0953. The topological polar surface area (TPSA) is 63.8 Å². The molecular formula is C20H21FN2O3. The van der Waals surface area contributed by atoms with Gasteiger partial charge < -0.3 is 9.84 Å². The Bertz CT molecular complexity index is 919. The average Bonchev–Trinajstić information content (AvgIpc) is 2.97. The lowest BCUT2D eigenvalue weighted by Gasteiger charge is -2.14. The maximum absolute atomic E-state index is 13.1. The summed E-state index contributed by atoms with van der Waals surface area (Å²) < 4.78 is 20.4. The van der Waals surface area contributed by atoms with Crippen LogP contribution in [0.1, 0.15) is 41.0 Å². The number of halogens is 1. The number of imidazole rings is 1. The second kappa shape index (κ2) is 7.66. The first-order valence-corrected chi connectivity index (χ1v) is 8.55. The highest BCUT2D eigenvalue weighted by Gasteiger charge is 2.22. The van der Waals surface area contributed by atoms with E-state index in [4.69, 9.17) is 4.74 Å². The number of benzene rings is 1. The number of aromatic nitrogens is 2. The minimum Gasteiger partial charge on any atom is -0.490 e. The third-order valence-corrected chi connectivity index (χ3v) is 4.35. The van der Waals surface area contributed by atoms with Crippen LogP contribution in [0, 0.1) is 12.7 Å². The number of ketones is 1. The van der Waals surface area contributed by atoms with Crippen molar-refractivity contribution in [3.63, 3.8) is 0 Å². The van der Waals surface area contributed by atoms with Crippen LogP contribution in [0.15, 0.2) is 42.6 Å². The van der Waals surface area contributed by atoms with Crippen molar-refractivity contribution in [2.75, 3.05) is 13.2 Å². The van der Waals surface area contributed by atoms with Gasteiger partial charge in [0.05, 0.1) is 18.9 Å². The maximum atomic E-state index is 13.1. The van der Waals surface area contributed by atoms with Crippen LogP contribution < -0.4 is 4.74 Å². The van der Waals surface area contributed by atoms with Gasteiger partial charge in [0, 0.05) is 18.5 Å². The van der Waals surface area contributed by atoms with Crippen LogP contribution in [0.2, 0.25) is 0 Å². The fraction of sp³-hybridized carbons (Fsp3) is 0.300. The highest BCUT2D eigenvalue weighted by Crippen LogP contribution is 2.26. The molecule has 0 saturated heterocycles. The summed E-state index contributed by atoms with van der Waals surface area (Å²) in [5.41, 5.74) is 2.40. The van der Waals surface area contributed by atoms with E-state index in [1.165, 1.54) is 12.1 Å². The van der Waals surface area contributed by atoms with Gasteiger partial charge in [0.15, 0.2) is 17.2 Å². The van der Waals surface area contributed by atoms with Gasteiger partial charge in [-0.05, 0) is 43.7 Å². The van der Waals surface area contributed by atoms with Gasteiger partial charge in [-0.25, -0.2) is 9.37 Å². The fourth-order valence-corrected chi connectivity index (χ4v) is 3.10. The summed E-state index contributed by atoms with van der Waals surface area (Å²) >= 11 is 0. The molecule has 0 aliphatic rings. The molecule has 1 aromatic carbocycles. The fourth-order valence-electron chi connectivity index (χ4n) is 3.10. The van der Waals surface area contributed by atoms with Gasteiger partial charge in [-0.2, -0.15) is 0 Å². The van der Waals surface area contributed by atoms with Gasteiger partial charge in [0.1, 0.15) is 11.5 Å². The molecule has 0 fully saturated rings. The van der Waals surface area contributed by atoms with Crippen LogP contribution in [0.5, 0.6) is 5.75 Å². The average molecular weight is 356 g/mol. The van der Waals surface area contributed by atoms with Crippen LogP contribution in [-0.4, -0.2) is 33.5 Å². The molecule has 1 atom stereocenters. The van der Waals surface area contributed by atoms with Gasteiger partial charge in [-0.3, -0.25) is 9.20 Å². The van der Waals surface area contributed by atoms with E-state index >= 15 is 0 Å². The third kappa shape index (κ3) is 3.46. The summed E-state index contributed by atoms with van der Waals surface area (Å²) in [6, 6.07) is 9.47. The van der Waals surface area contributed by atoms with Gasteiger partial charge in [0.25, 0.3) is 0 Å². The largest absolute Gasteiger partial charge is 0.490 e. The zero-order valence-electron chi connectivity index (χ0n) is 14.8. The van der Waals surface area contributed by atoms with E-state index in [2.05, 4.69) is 4.98 Å². The minimum absolute atomic E-state index is 0.107. The van der Waals surface area contributed by atoms with E-state index in [0.29, 0.717) is 29.4 Å². The van der Waals surface area contributed by atoms with Crippen molar-refractivity contribution >= 4 is 11.4 Å². The third-order valence-electron chi connectivity index (χ3n) is 4.35. The van der Waals surface area contributed by atoms with Crippen molar-refractivity contribution in [1.29, 1.82) is 0 Å². The second-order valence-electron chi connectivity index (χ2n) is 6.10. The summed E-state index contributed by atoms with van der Waals surface area (Å²) in [6.07, 6.45) is 1.88.